The predicted molar refractivity (Wildman–Crippen MR) is 275 cm³/mol. The van der Waals surface area contributed by atoms with Crippen LogP contribution in [0.3, 0.4) is 0 Å². The Kier molecular flexibility index (Phi) is 38.5. The zero-order valence-electron chi connectivity index (χ0n) is 43.0. The molecular weight excluding hydrogens is 911 g/mol. The zero-order valence-corrected chi connectivity index (χ0v) is 43.0. The summed E-state index contributed by atoms with van der Waals surface area (Å²) in [6.45, 7) is 1.67. The number of nitrogens with one attached hydrogen (secondary N) is 6. The van der Waals surface area contributed by atoms with Crippen molar-refractivity contribution in [3.8, 4) is 0 Å². The second-order valence-corrected chi connectivity index (χ2v) is 19.7. The minimum atomic E-state index is -1.20. The molecule has 0 heterocycles. The molecule has 0 unspecified atom stereocenters. The van der Waals surface area contributed by atoms with Crippen LogP contribution < -0.4 is 43.3 Å². The summed E-state index contributed by atoms with van der Waals surface area (Å²) in [6, 6.07) is -3.44. The van der Waals surface area contributed by atoms with Gasteiger partial charge in [0.2, 0.25) is 29.5 Å². The molecule has 0 aliphatic heterocycles. The first kappa shape index (κ1) is 64.7. The third-order valence-corrected chi connectivity index (χ3v) is 13.5. The van der Waals surface area contributed by atoms with Crippen molar-refractivity contribution in [3.05, 3.63) is 0 Å². The van der Waals surface area contributed by atoms with Gasteiger partial charge in [-0.3, -0.25) is 33.6 Å². The standard InChI is InChI=1S/C51H93BN8O11/c52-60-43(51(70)71)25-19-22-36-57-49(67)41(54)24-18-21-35-56-48(66)40(53)23-17-20-34-55-45(62)33-32-42(50(68)69)59-47(65)39-30-28-38(29-31-39)37-58-44(61)26-15-13-11-9-7-5-3-1-2-4-6-8-10-12-14-16-27-46(63)64/h38-43,60H,1-37,53-54H2,(H,55,62)(H,56,66)(H,57,67)(H,58,61)(H,59,65)(H,63,64)(H,68,69)(H,70,71)/t38?,39?,40-,41-,42-,43-/m0/s1. The van der Waals surface area contributed by atoms with E-state index in [0.717, 1.165) is 51.4 Å². The topological polar surface area (TPSA) is 321 Å². The van der Waals surface area contributed by atoms with Crippen LogP contribution in [0.2, 0.25) is 0 Å². The van der Waals surface area contributed by atoms with Crippen LogP contribution in [0.25, 0.3) is 0 Å². The highest BCUT2D eigenvalue weighted by Crippen LogP contribution is 2.29. The fraction of sp³-hybridized carbons (Fsp3) is 0.843. The summed E-state index contributed by atoms with van der Waals surface area (Å²) < 4.78 is 0. The Hall–Kier alpha value is -4.30. The molecule has 0 aromatic heterocycles. The number of carboxylic acids is 3. The fourth-order valence-corrected chi connectivity index (χ4v) is 8.83. The second-order valence-electron chi connectivity index (χ2n) is 19.7. The highest BCUT2D eigenvalue weighted by atomic mass is 16.4. The van der Waals surface area contributed by atoms with Gasteiger partial charge in [0.1, 0.15) is 6.04 Å². The molecule has 1 saturated carbocycles. The summed E-state index contributed by atoms with van der Waals surface area (Å²) in [5.74, 6) is -4.14. The molecule has 0 spiro atoms. The van der Waals surface area contributed by atoms with E-state index in [-0.39, 0.29) is 60.6 Å². The quantitative estimate of drug-likeness (QED) is 0.0282. The number of aliphatic carboxylic acids is 3. The van der Waals surface area contributed by atoms with Crippen LogP contribution in [-0.2, 0) is 38.4 Å². The third-order valence-electron chi connectivity index (χ3n) is 13.5. The van der Waals surface area contributed by atoms with Gasteiger partial charge in [-0.05, 0) is 109 Å². The maximum absolute atomic E-state index is 13.0. The van der Waals surface area contributed by atoms with Crippen LogP contribution in [0.4, 0.5) is 0 Å². The maximum atomic E-state index is 13.0. The highest BCUT2D eigenvalue weighted by Gasteiger charge is 2.30. The molecular formula is C51H93BN8O11. The molecule has 0 aromatic carbocycles. The van der Waals surface area contributed by atoms with Gasteiger partial charge in [-0.25, -0.2) is 4.79 Å². The van der Waals surface area contributed by atoms with E-state index >= 15 is 0 Å². The van der Waals surface area contributed by atoms with Gasteiger partial charge in [-0.2, -0.15) is 0 Å². The van der Waals surface area contributed by atoms with Crippen LogP contribution in [0.5, 0.6) is 0 Å². The van der Waals surface area contributed by atoms with E-state index in [1.165, 1.54) is 64.2 Å². The molecule has 1 aliphatic carbocycles. The van der Waals surface area contributed by atoms with E-state index in [1.807, 2.05) is 0 Å². The number of carboxylic acid groups (broad SMARTS) is 3. The fourth-order valence-electron chi connectivity index (χ4n) is 8.83. The molecule has 406 valence electrons. The number of carbonyl (C=O) groups is 8. The van der Waals surface area contributed by atoms with Crippen molar-refractivity contribution >= 4 is 55.4 Å². The number of hydrogen-bond acceptors (Lipinski definition) is 11. The van der Waals surface area contributed by atoms with Crippen molar-refractivity contribution in [3.63, 3.8) is 0 Å². The summed E-state index contributed by atoms with van der Waals surface area (Å²) in [5, 5.41) is 43.6. The highest BCUT2D eigenvalue weighted by molar-refractivity contribution is 6.06. The van der Waals surface area contributed by atoms with Gasteiger partial charge in [-0.15, -0.1) is 0 Å². The average Bonchev–Trinajstić information content (AvgIpc) is 3.34. The van der Waals surface area contributed by atoms with Crippen LogP contribution in [0.15, 0.2) is 0 Å². The van der Waals surface area contributed by atoms with Crippen molar-refractivity contribution in [2.24, 2.45) is 23.3 Å². The van der Waals surface area contributed by atoms with Crippen LogP contribution >= 0.6 is 0 Å². The lowest BCUT2D eigenvalue weighted by Crippen LogP contribution is -2.45. The Balaban J connectivity index is 2.07. The van der Waals surface area contributed by atoms with E-state index in [0.29, 0.717) is 103 Å². The largest absolute Gasteiger partial charge is 0.481 e. The predicted octanol–water partition coefficient (Wildman–Crippen LogP) is 5.01. The van der Waals surface area contributed by atoms with Crippen molar-refractivity contribution < 1.29 is 53.7 Å². The van der Waals surface area contributed by atoms with E-state index in [4.69, 9.17) is 29.7 Å². The summed E-state index contributed by atoms with van der Waals surface area (Å²) in [7, 11) is 5.20. The molecule has 20 heteroatoms. The SMILES string of the molecule is [B]N[C@@H](CCCCNC(=O)[C@@H](N)CCCCNC(=O)[C@@H](N)CCCCNC(=O)CC[C@H](NC(=O)C1CCC(CNC(=O)CCCCCCCCCCCCCCCCCCC(=O)O)CC1)C(=O)O)C(=O)O. The molecule has 5 amide bonds. The molecule has 4 atom stereocenters. The summed E-state index contributed by atoms with van der Waals surface area (Å²) in [5.41, 5.74) is 12.0. The van der Waals surface area contributed by atoms with Crippen molar-refractivity contribution in [1.82, 2.24) is 31.8 Å². The Bertz CT molecular complexity index is 1520. The lowest BCUT2D eigenvalue weighted by molar-refractivity contribution is -0.143. The molecule has 0 bridgehead atoms. The van der Waals surface area contributed by atoms with Crippen molar-refractivity contribution in [1.29, 1.82) is 0 Å². The van der Waals surface area contributed by atoms with Gasteiger partial charge < -0.3 is 58.6 Å². The molecule has 13 N–H and O–H groups in total. The van der Waals surface area contributed by atoms with Crippen LogP contribution in [0.1, 0.15) is 212 Å². The molecule has 0 saturated heterocycles. The van der Waals surface area contributed by atoms with Crippen molar-refractivity contribution in [2.75, 3.05) is 26.2 Å². The summed E-state index contributed by atoms with van der Waals surface area (Å²) >= 11 is 0. The van der Waals surface area contributed by atoms with Crippen molar-refractivity contribution in [2.45, 2.75) is 236 Å². The van der Waals surface area contributed by atoms with E-state index in [1.54, 1.807) is 0 Å². The number of carbonyl (C=O) groups excluding carboxylic acids is 5. The Morgan fingerprint density at radius 2 is 0.859 bits per heavy atom. The molecule has 1 fully saturated rings. The third kappa shape index (κ3) is 35.5. The molecule has 1 aliphatic rings. The van der Waals surface area contributed by atoms with Gasteiger partial charge in [-0.1, -0.05) is 89.9 Å². The Labute approximate surface area is 425 Å². The lowest BCUT2D eigenvalue weighted by atomic mass is 9.81. The number of rotatable bonds is 46. The molecule has 19 nitrogen and oxygen atoms in total. The van der Waals surface area contributed by atoms with Gasteiger partial charge in [0.05, 0.1) is 18.1 Å². The van der Waals surface area contributed by atoms with E-state index in [9.17, 15) is 43.5 Å². The molecule has 0 aromatic rings. The zero-order chi connectivity index (χ0) is 52.5. The summed E-state index contributed by atoms with van der Waals surface area (Å²) in [6.07, 6.45) is 26.8. The van der Waals surface area contributed by atoms with Crippen LogP contribution in [-0.4, -0.2) is 121 Å². The minimum Gasteiger partial charge on any atom is -0.481 e. The number of amides is 5. The van der Waals surface area contributed by atoms with Gasteiger partial charge >= 0.3 is 17.9 Å². The van der Waals surface area contributed by atoms with Gasteiger partial charge in [0.15, 0.2) is 7.98 Å². The molecule has 2 radical (unpaired) electrons. The Morgan fingerprint density at radius 3 is 1.30 bits per heavy atom. The first-order valence-electron chi connectivity index (χ1n) is 27.2. The Morgan fingerprint density at radius 1 is 0.451 bits per heavy atom. The normalized spacial score (nSPS) is 16.2. The molecule has 1 rings (SSSR count). The second kappa shape index (κ2) is 42.2. The maximum Gasteiger partial charge on any atom is 0.326 e. The van der Waals surface area contributed by atoms with E-state index < -0.39 is 42.1 Å². The lowest BCUT2D eigenvalue weighted by Gasteiger charge is -2.28. The monoisotopic (exact) mass is 1000 g/mol. The number of hydrogen-bond donors (Lipinski definition) is 11. The first-order valence-corrected chi connectivity index (χ1v) is 27.2. The number of nitrogens with two attached hydrogens (primary N) is 2. The van der Waals surface area contributed by atoms with E-state index in [2.05, 4.69) is 31.8 Å². The van der Waals surface area contributed by atoms with Gasteiger partial charge in [0, 0.05) is 51.4 Å². The first-order chi connectivity index (χ1) is 34.1. The number of unbranched alkanes of at least 4 members (excludes halogenated alkanes) is 18. The van der Waals surface area contributed by atoms with Crippen LogP contribution in [0, 0.1) is 11.8 Å². The average molecular weight is 1010 g/mol. The van der Waals surface area contributed by atoms with Gasteiger partial charge in [0.25, 0.3) is 0 Å². The minimum absolute atomic E-state index is 0.0477. The summed E-state index contributed by atoms with van der Waals surface area (Å²) in [4.78, 5) is 96.1. The molecule has 71 heavy (non-hydrogen) atoms. The smallest absolute Gasteiger partial charge is 0.326 e.